The van der Waals surface area contributed by atoms with Gasteiger partial charge in [0.25, 0.3) is 6.43 Å². The fourth-order valence-electron chi connectivity index (χ4n) is 1.14. The maximum Gasteiger partial charge on any atom is 0.574 e. The van der Waals surface area contributed by atoms with Crippen LogP contribution in [0.2, 0.25) is 0 Å². The summed E-state index contributed by atoms with van der Waals surface area (Å²) >= 11 is 1.51. The van der Waals surface area contributed by atoms with Crippen molar-refractivity contribution in [1.29, 1.82) is 0 Å². The van der Waals surface area contributed by atoms with Crippen molar-refractivity contribution in [3.8, 4) is 5.88 Å². The number of hydrogen-bond donors (Lipinski definition) is 1. The summed E-state index contributed by atoms with van der Waals surface area (Å²) in [5.41, 5.74) is -1.33. The van der Waals surface area contributed by atoms with Crippen LogP contribution in [0.15, 0.2) is 6.07 Å². The lowest BCUT2D eigenvalue weighted by Gasteiger charge is -2.13. The summed E-state index contributed by atoms with van der Waals surface area (Å²) in [6, 6.07) is 0.720. The number of carbonyl (C=O) groups is 1. The van der Waals surface area contributed by atoms with Crippen molar-refractivity contribution < 1.29 is 36.6 Å². The lowest BCUT2D eigenvalue weighted by molar-refractivity contribution is -0.276. The topological polar surface area (TPSA) is 59.4 Å². The Labute approximate surface area is 116 Å². The molecule has 19 heavy (non-hydrogen) atoms. The Kier molecular flexibility index (Phi) is 4.87. The van der Waals surface area contributed by atoms with E-state index in [-0.39, 0.29) is 9.26 Å². The van der Waals surface area contributed by atoms with Gasteiger partial charge in [0, 0.05) is 3.57 Å². The molecule has 1 aromatic heterocycles. The lowest BCUT2D eigenvalue weighted by atomic mass is 10.2. The summed E-state index contributed by atoms with van der Waals surface area (Å²) < 4.78 is 64.7. The van der Waals surface area contributed by atoms with Crippen molar-refractivity contribution >= 4 is 28.6 Å². The summed E-state index contributed by atoms with van der Waals surface area (Å²) in [6.07, 6.45) is -9.11. The number of pyridine rings is 1. The number of alkyl halides is 5. The SMILES string of the molecule is O=C(O)Cc1nc(OC(F)(F)F)c(C(F)F)cc1I. The van der Waals surface area contributed by atoms with E-state index in [0.29, 0.717) is 0 Å². The van der Waals surface area contributed by atoms with Crippen LogP contribution in [0.1, 0.15) is 17.7 Å². The van der Waals surface area contributed by atoms with Gasteiger partial charge in [-0.25, -0.2) is 13.8 Å². The highest BCUT2D eigenvalue weighted by atomic mass is 127. The van der Waals surface area contributed by atoms with Crippen molar-refractivity contribution in [3.05, 3.63) is 20.9 Å². The summed E-state index contributed by atoms with van der Waals surface area (Å²) in [7, 11) is 0. The van der Waals surface area contributed by atoms with Gasteiger partial charge in [-0.1, -0.05) is 0 Å². The van der Waals surface area contributed by atoms with Crippen molar-refractivity contribution in [2.24, 2.45) is 0 Å². The number of hydrogen-bond acceptors (Lipinski definition) is 3. The Balaban J connectivity index is 3.27. The molecule has 0 aliphatic carbocycles. The van der Waals surface area contributed by atoms with Crippen LogP contribution in [0.4, 0.5) is 22.0 Å². The van der Waals surface area contributed by atoms with Gasteiger partial charge in [-0.05, 0) is 28.7 Å². The molecule has 4 nitrogen and oxygen atoms in total. The van der Waals surface area contributed by atoms with Crippen LogP contribution in [0.25, 0.3) is 0 Å². The number of aliphatic carboxylic acids is 1. The minimum atomic E-state index is -5.19. The quantitative estimate of drug-likeness (QED) is 0.627. The van der Waals surface area contributed by atoms with Gasteiger partial charge in [0.1, 0.15) is 0 Å². The maximum absolute atomic E-state index is 12.6. The molecule has 1 heterocycles. The fraction of sp³-hybridized carbons (Fsp3) is 0.333. The van der Waals surface area contributed by atoms with Crippen molar-refractivity contribution in [1.82, 2.24) is 4.98 Å². The molecule has 10 heteroatoms. The van der Waals surface area contributed by atoms with Crippen LogP contribution in [0.3, 0.4) is 0 Å². The highest BCUT2D eigenvalue weighted by Gasteiger charge is 2.34. The molecule has 0 fully saturated rings. The van der Waals surface area contributed by atoms with Crippen LogP contribution >= 0.6 is 22.6 Å². The number of rotatable bonds is 4. The number of nitrogens with zero attached hydrogens (tertiary/aromatic N) is 1. The first-order chi connectivity index (χ1) is 8.60. The van der Waals surface area contributed by atoms with Gasteiger partial charge in [-0.2, -0.15) is 0 Å². The first-order valence-electron chi connectivity index (χ1n) is 4.55. The molecule has 0 atom stereocenters. The maximum atomic E-state index is 12.6. The first-order valence-corrected chi connectivity index (χ1v) is 5.63. The lowest BCUT2D eigenvalue weighted by Crippen LogP contribution is -2.20. The molecule has 0 aliphatic heterocycles. The van der Waals surface area contributed by atoms with Gasteiger partial charge in [0.15, 0.2) is 0 Å². The molecule has 0 amide bonds. The fourth-order valence-corrected chi connectivity index (χ4v) is 1.78. The Hall–Kier alpha value is -1.20. The highest BCUT2D eigenvalue weighted by Crippen LogP contribution is 2.33. The molecule has 0 spiro atoms. The number of carboxylic acids is 1. The standard InChI is InChI=1S/C9H5F5INO3/c10-7(11)3-1-4(15)5(2-6(17)18)16-8(3)19-9(12,13)14/h1,7H,2H2,(H,17,18). The normalized spacial score (nSPS) is 11.7. The molecule has 0 saturated carbocycles. The van der Waals surface area contributed by atoms with Crippen LogP contribution in [0, 0.1) is 3.57 Å². The van der Waals surface area contributed by atoms with E-state index in [9.17, 15) is 26.7 Å². The monoisotopic (exact) mass is 397 g/mol. The third-order valence-corrected chi connectivity index (χ3v) is 2.74. The Morgan fingerprint density at radius 2 is 2.05 bits per heavy atom. The van der Waals surface area contributed by atoms with E-state index in [0.717, 1.165) is 6.07 Å². The van der Waals surface area contributed by atoms with E-state index in [1.165, 1.54) is 22.6 Å². The molecule has 0 bridgehead atoms. The number of halogens is 6. The van der Waals surface area contributed by atoms with E-state index in [1.54, 1.807) is 0 Å². The summed E-state index contributed by atoms with van der Waals surface area (Å²) in [4.78, 5) is 13.7. The summed E-state index contributed by atoms with van der Waals surface area (Å²) in [5.74, 6) is -2.69. The zero-order valence-electron chi connectivity index (χ0n) is 8.84. The van der Waals surface area contributed by atoms with E-state index in [1.807, 2.05) is 0 Å². The van der Waals surface area contributed by atoms with E-state index in [2.05, 4.69) is 9.72 Å². The molecule has 106 valence electrons. The third-order valence-electron chi connectivity index (χ3n) is 1.81. The number of carboxylic acid groups (broad SMARTS) is 1. The zero-order valence-corrected chi connectivity index (χ0v) is 11.0. The molecule has 0 saturated heterocycles. The molecular formula is C9H5F5INO3. The molecular weight excluding hydrogens is 392 g/mol. The number of aromatic nitrogens is 1. The highest BCUT2D eigenvalue weighted by molar-refractivity contribution is 14.1. The van der Waals surface area contributed by atoms with Gasteiger partial charge >= 0.3 is 12.3 Å². The van der Waals surface area contributed by atoms with Gasteiger partial charge in [0.05, 0.1) is 17.7 Å². The van der Waals surface area contributed by atoms with E-state index < -0.39 is 36.6 Å². The smallest absolute Gasteiger partial charge is 0.481 e. The van der Waals surface area contributed by atoms with Gasteiger partial charge < -0.3 is 9.84 Å². The molecule has 0 aromatic carbocycles. The van der Waals surface area contributed by atoms with Crippen molar-refractivity contribution in [2.45, 2.75) is 19.2 Å². The van der Waals surface area contributed by atoms with Gasteiger partial charge in [0.2, 0.25) is 5.88 Å². The zero-order chi connectivity index (χ0) is 14.8. The third kappa shape index (κ3) is 4.76. The predicted octanol–water partition coefficient (Wildman–Crippen LogP) is 3.15. The second-order valence-electron chi connectivity index (χ2n) is 3.23. The molecule has 1 aromatic rings. The summed E-state index contributed by atoms with van der Waals surface area (Å²) in [5, 5.41) is 8.54. The van der Waals surface area contributed by atoms with Crippen LogP contribution < -0.4 is 4.74 Å². The largest absolute Gasteiger partial charge is 0.574 e. The van der Waals surface area contributed by atoms with Crippen LogP contribution in [-0.4, -0.2) is 22.4 Å². The minimum Gasteiger partial charge on any atom is -0.481 e. The van der Waals surface area contributed by atoms with Crippen LogP contribution in [-0.2, 0) is 11.2 Å². The number of ether oxygens (including phenoxy) is 1. The Bertz CT molecular complexity index is 491. The van der Waals surface area contributed by atoms with Gasteiger partial charge in [-0.15, -0.1) is 13.2 Å². The minimum absolute atomic E-state index is 0.0184. The first kappa shape index (κ1) is 15.9. The molecule has 0 unspecified atom stereocenters. The summed E-state index contributed by atoms with van der Waals surface area (Å²) in [6.45, 7) is 0. The van der Waals surface area contributed by atoms with E-state index in [4.69, 9.17) is 5.11 Å². The second-order valence-corrected chi connectivity index (χ2v) is 4.39. The Morgan fingerprint density at radius 1 is 1.47 bits per heavy atom. The van der Waals surface area contributed by atoms with Gasteiger partial charge in [-0.3, -0.25) is 4.79 Å². The van der Waals surface area contributed by atoms with E-state index >= 15 is 0 Å². The predicted molar refractivity (Wildman–Crippen MR) is 59.9 cm³/mol. The molecule has 1 rings (SSSR count). The average molecular weight is 397 g/mol. The average Bonchev–Trinajstić information content (AvgIpc) is 2.19. The Morgan fingerprint density at radius 3 is 2.47 bits per heavy atom. The second kappa shape index (κ2) is 5.84. The molecule has 0 aliphatic rings. The van der Waals surface area contributed by atoms with Crippen molar-refractivity contribution in [2.75, 3.05) is 0 Å². The van der Waals surface area contributed by atoms with Crippen molar-refractivity contribution in [3.63, 3.8) is 0 Å². The molecule has 1 N–H and O–H groups in total. The van der Waals surface area contributed by atoms with Crippen LogP contribution in [0.5, 0.6) is 5.88 Å². The molecule has 0 radical (unpaired) electrons.